The smallest absolute Gasteiger partial charge is 0.268 e. The minimum atomic E-state index is -0.0324. The van der Waals surface area contributed by atoms with E-state index in [1.807, 2.05) is 23.9 Å². The summed E-state index contributed by atoms with van der Waals surface area (Å²) in [7, 11) is 1.88. The zero-order chi connectivity index (χ0) is 14.7. The number of carbonyl (C=O) groups excluding carboxylic acids is 1. The molecule has 3 rings (SSSR count). The van der Waals surface area contributed by atoms with Crippen molar-refractivity contribution in [2.24, 2.45) is 18.1 Å². The van der Waals surface area contributed by atoms with Gasteiger partial charge in [0.25, 0.3) is 5.91 Å². The maximum Gasteiger partial charge on any atom is 0.268 e. The van der Waals surface area contributed by atoms with E-state index in [0.29, 0.717) is 31.2 Å². The van der Waals surface area contributed by atoms with Gasteiger partial charge in [-0.05, 0) is 24.8 Å². The zero-order valence-electron chi connectivity index (χ0n) is 12.6. The van der Waals surface area contributed by atoms with Gasteiger partial charge in [-0.2, -0.15) is 0 Å². The molecule has 21 heavy (non-hydrogen) atoms. The fraction of sp³-hybridized carbons (Fsp3) is 0.625. The highest BCUT2D eigenvalue weighted by Crippen LogP contribution is 2.24. The van der Waals surface area contributed by atoms with Crippen LogP contribution in [-0.4, -0.2) is 29.3 Å². The largest absolute Gasteiger partial charge is 0.395 e. The number of hydrogen-bond donors (Lipinski definition) is 1. The summed E-state index contributed by atoms with van der Waals surface area (Å²) in [5.74, 6) is 0.610. The summed E-state index contributed by atoms with van der Waals surface area (Å²) in [4.78, 5) is 17.6. The quantitative estimate of drug-likeness (QED) is 0.869. The van der Waals surface area contributed by atoms with Crippen molar-refractivity contribution in [1.82, 2.24) is 9.88 Å². The lowest BCUT2D eigenvalue weighted by molar-refractivity contribution is 0.0913. The second-order valence-corrected chi connectivity index (χ2v) is 6.03. The van der Waals surface area contributed by atoms with Crippen LogP contribution in [0.1, 0.15) is 54.6 Å². The summed E-state index contributed by atoms with van der Waals surface area (Å²) in [5.41, 5.74) is 2.45. The molecule has 1 aromatic rings. The summed E-state index contributed by atoms with van der Waals surface area (Å²) in [6.45, 7) is 1.31. The number of fused-ring (bicyclic) bond motifs is 1. The Morgan fingerprint density at radius 3 is 3.00 bits per heavy atom. The molecular formula is C16H23N3O2. The van der Waals surface area contributed by atoms with Gasteiger partial charge < -0.3 is 14.7 Å². The van der Waals surface area contributed by atoms with Gasteiger partial charge in [-0.25, -0.2) is 0 Å². The Morgan fingerprint density at radius 2 is 2.19 bits per heavy atom. The Balaban J connectivity index is 1.70. The van der Waals surface area contributed by atoms with E-state index < -0.39 is 0 Å². The second kappa shape index (κ2) is 6.33. The molecule has 2 heterocycles. The number of aryl methyl sites for hydroxylation is 1. The molecule has 1 amide bonds. The van der Waals surface area contributed by atoms with E-state index in [1.54, 1.807) is 0 Å². The van der Waals surface area contributed by atoms with Gasteiger partial charge in [-0.15, -0.1) is 0 Å². The van der Waals surface area contributed by atoms with Gasteiger partial charge in [0, 0.05) is 31.8 Å². The fourth-order valence-electron chi connectivity index (χ4n) is 3.23. The van der Waals surface area contributed by atoms with Crippen LogP contribution in [0.3, 0.4) is 0 Å². The van der Waals surface area contributed by atoms with Crippen LogP contribution in [0.25, 0.3) is 0 Å². The first-order valence-electron chi connectivity index (χ1n) is 7.88. The molecule has 5 heteroatoms. The number of amides is 1. The van der Waals surface area contributed by atoms with E-state index in [-0.39, 0.29) is 5.91 Å². The van der Waals surface area contributed by atoms with E-state index in [4.69, 9.17) is 4.84 Å². The van der Waals surface area contributed by atoms with Crippen LogP contribution < -0.4 is 5.32 Å². The van der Waals surface area contributed by atoms with Gasteiger partial charge >= 0.3 is 0 Å². The molecule has 2 aliphatic rings. The first-order chi connectivity index (χ1) is 10.3. The molecule has 1 aromatic heterocycles. The van der Waals surface area contributed by atoms with Crippen molar-refractivity contribution in [3.8, 4) is 0 Å². The van der Waals surface area contributed by atoms with Gasteiger partial charge in [0.1, 0.15) is 12.3 Å². The molecule has 0 spiro atoms. The van der Waals surface area contributed by atoms with Crippen LogP contribution >= 0.6 is 0 Å². The van der Waals surface area contributed by atoms with Gasteiger partial charge in [0.2, 0.25) is 0 Å². The van der Waals surface area contributed by atoms with E-state index in [0.717, 1.165) is 11.3 Å². The number of aromatic nitrogens is 1. The Hall–Kier alpha value is -1.78. The van der Waals surface area contributed by atoms with Crippen LogP contribution in [0.15, 0.2) is 17.4 Å². The molecule has 5 nitrogen and oxygen atoms in total. The van der Waals surface area contributed by atoms with E-state index in [2.05, 4.69) is 10.5 Å². The Labute approximate surface area is 125 Å². The lowest BCUT2D eigenvalue weighted by atomic mass is 9.90. The number of oxime groups is 1. The van der Waals surface area contributed by atoms with Crippen molar-refractivity contribution in [2.75, 3.05) is 13.2 Å². The van der Waals surface area contributed by atoms with Gasteiger partial charge in [-0.1, -0.05) is 24.4 Å². The van der Waals surface area contributed by atoms with Gasteiger partial charge in [0.05, 0.1) is 5.71 Å². The zero-order valence-corrected chi connectivity index (χ0v) is 12.6. The second-order valence-electron chi connectivity index (χ2n) is 6.03. The van der Waals surface area contributed by atoms with Crippen molar-refractivity contribution in [3.05, 3.63) is 23.5 Å². The molecule has 1 aliphatic carbocycles. The maximum absolute atomic E-state index is 12.0. The number of rotatable bonds is 3. The summed E-state index contributed by atoms with van der Waals surface area (Å²) < 4.78 is 1.84. The summed E-state index contributed by atoms with van der Waals surface area (Å²) in [6.07, 6.45) is 9.09. The monoisotopic (exact) mass is 289 g/mol. The molecule has 0 radical (unpaired) electrons. The first kappa shape index (κ1) is 14.2. The third kappa shape index (κ3) is 3.12. The van der Waals surface area contributed by atoms with Gasteiger partial charge in [-0.3, -0.25) is 4.79 Å². The van der Waals surface area contributed by atoms with Crippen molar-refractivity contribution >= 4 is 11.6 Å². The predicted molar refractivity (Wildman–Crippen MR) is 81.4 cm³/mol. The normalized spacial score (nSPS) is 21.8. The first-order valence-corrected chi connectivity index (χ1v) is 7.88. The van der Waals surface area contributed by atoms with E-state index in [1.165, 1.54) is 32.1 Å². The number of carbonyl (C=O) groups is 1. The van der Waals surface area contributed by atoms with Gasteiger partial charge in [0.15, 0.2) is 0 Å². The molecule has 1 aliphatic heterocycles. The molecule has 1 N–H and O–H groups in total. The van der Waals surface area contributed by atoms with Crippen LogP contribution in [-0.2, 0) is 11.9 Å². The highest BCUT2D eigenvalue weighted by atomic mass is 16.6. The van der Waals surface area contributed by atoms with Crippen molar-refractivity contribution in [2.45, 2.75) is 38.5 Å². The minimum absolute atomic E-state index is 0.0324. The molecule has 1 fully saturated rings. The third-order valence-corrected chi connectivity index (χ3v) is 4.46. The lowest BCUT2D eigenvalue weighted by Crippen LogP contribution is -2.24. The molecule has 0 unspecified atom stereocenters. The average Bonchev–Trinajstić information content (AvgIpc) is 2.80. The molecule has 0 atom stereocenters. The Bertz CT molecular complexity index is 542. The van der Waals surface area contributed by atoms with Crippen LogP contribution in [0.2, 0.25) is 0 Å². The molecule has 114 valence electrons. The van der Waals surface area contributed by atoms with E-state index >= 15 is 0 Å². The predicted octanol–water partition coefficient (Wildman–Crippen LogP) is 2.46. The van der Waals surface area contributed by atoms with Crippen molar-refractivity contribution in [1.29, 1.82) is 0 Å². The average molecular weight is 289 g/mol. The maximum atomic E-state index is 12.0. The lowest BCUT2D eigenvalue weighted by Gasteiger charge is -2.20. The fourth-order valence-corrected chi connectivity index (χ4v) is 3.23. The molecular weight excluding hydrogens is 266 g/mol. The van der Waals surface area contributed by atoms with Crippen LogP contribution in [0, 0.1) is 5.92 Å². The molecule has 0 aromatic carbocycles. The van der Waals surface area contributed by atoms with Crippen molar-refractivity contribution < 1.29 is 9.63 Å². The summed E-state index contributed by atoms with van der Waals surface area (Å²) >= 11 is 0. The number of hydrogen-bond acceptors (Lipinski definition) is 3. The third-order valence-electron chi connectivity index (χ3n) is 4.46. The minimum Gasteiger partial charge on any atom is -0.395 e. The van der Waals surface area contributed by atoms with Crippen molar-refractivity contribution in [3.63, 3.8) is 0 Å². The Kier molecular flexibility index (Phi) is 4.27. The number of nitrogens with zero attached hydrogens (tertiary/aromatic N) is 2. The Morgan fingerprint density at radius 1 is 1.38 bits per heavy atom. The van der Waals surface area contributed by atoms with Crippen LogP contribution in [0.4, 0.5) is 0 Å². The topological polar surface area (TPSA) is 55.6 Å². The summed E-state index contributed by atoms with van der Waals surface area (Å²) in [6, 6.07) is 1.95. The molecule has 0 bridgehead atoms. The van der Waals surface area contributed by atoms with E-state index in [9.17, 15) is 4.79 Å². The van der Waals surface area contributed by atoms with Crippen LogP contribution in [0.5, 0.6) is 0 Å². The standard InChI is InChI=1S/C16H23N3O2/c1-19-10-8-13-14(7-9-17-16(20)15(13)19)18-21-11-12-5-3-2-4-6-12/h8,10,12H,2-7,9,11H2,1H3,(H,17,20)/b18-14+. The molecule has 1 saturated carbocycles. The number of nitrogens with one attached hydrogen (secondary N) is 1. The highest BCUT2D eigenvalue weighted by Gasteiger charge is 2.23. The molecule has 0 saturated heterocycles. The summed E-state index contributed by atoms with van der Waals surface area (Å²) in [5, 5.41) is 7.24. The highest BCUT2D eigenvalue weighted by molar-refractivity contribution is 6.11. The SMILES string of the molecule is Cn1ccc2c1C(=O)NCC/C2=N\OCC1CCCCC1.